The van der Waals surface area contributed by atoms with E-state index in [1.165, 1.54) is 0 Å². The molecule has 0 heterocycles. The van der Waals surface area contributed by atoms with Crippen LogP contribution in [0.15, 0.2) is 12.1 Å². The number of hydrogen-bond acceptors (Lipinski definition) is 1. The lowest BCUT2D eigenvalue weighted by atomic mass is 10.3. The lowest BCUT2D eigenvalue weighted by Crippen LogP contribution is -1.81. The highest BCUT2D eigenvalue weighted by molar-refractivity contribution is 6.34. The fraction of sp³-hybridized carbons (Fsp3) is 0.143. The predicted molar refractivity (Wildman–Crippen MR) is 41.9 cm³/mol. The third-order valence-corrected chi connectivity index (χ3v) is 1.42. The first-order valence-corrected chi connectivity index (χ1v) is 3.40. The average molecular weight is 176 g/mol. The second kappa shape index (κ2) is 3.13. The van der Waals surface area contributed by atoms with E-state index in [0.717, 1.165) is 0 Å². The van der Waals surface area contributed by atoms with Gasteiger partial charge in [-0.15, -0.1) is 0 Å². The zero-order valence-electron chi connectivity index (χ0n) is 5.32. The molecule has 0 unspecified atom stereocenters. The third kappa shape index (κ3) is 1.79. The normalized spacial score (nSPS) is 9.50. The molecule has 1 rings (SSSR count). The highest BCUT2D eigenvalue weighted by Gasteiger charge is 1.96. The number of rotatable bonds is 1. The van der Waals surface area contributed by atoms with Gasteiger partial charge in [-0.2, -0.15) is 0 Å². The molecule has 0 spiro atoms. The Balaban J connectivity index is 3.06. The molecule has 1 aromatic rings. The van der Waals surface area contributed by atoms with Gasteiger partial charge in [-0.1, -0.05) is 23.2 Å². The van der Waals surface area contributed by atoms with Crippen molar-refractivity contribution in [3.05, 3.63) is 28.2 Å². The summed E-state index contributed by atoms with van der Waals surface area (Å²) in [6.07, 6.45) is 0. The van der Waals surface area contributed by atoms with Crippen molar-refractivity contribution in [2.45, 2.75) is 0 Å². The van der Waals surface area contributed by atoms with Crippen molar-refractivity contribution in [3.8, 4) is 5.75 Å². The Bertz CT molecular complexity index is 215. The molecule has 0 N–H and O–H groups in total. The number of hydrogen-bond donors (Lipinski definition) is 0. The summed E-state index contributed by atoms with van der Waals surface area (Å²) in [5, 5.41) is 1.02. The molecule has 53 valence electrons. The highest BCUT2D eigenvalue weighted by Crippen LogP contribution is 2.22. The molecule has 1 nitrogen and oxygen atoms in total. The van der Waals surface area contributed by atoms with Gasteiger partial charge in [-0.25, -0.2) is 0 Å². The molecule has 0 saturated carbocycles. The molecule has 0 aliphatic rings. The Morgan fingerprint density at radius 3 is 2.60 bits per heavy atom. The molecule has 0 atom stereocenters. The maximum absolute atomic E-state index is 5.64. The maximum atomic E-state index is 5.64. The van der Waals surface area contributed by atoms with Gasteiger partial charge in [0, 0.05) is 11.1 Å². The summed E-state index contributed by atoms with van der Waals surface area (Å²) in [5.74, 6) is 0.553. The number of benzene rings is 1. The minimum Gasteiger partial charge on any atom is -0.496 e. The van der Waals surface area contributed by atoms with Crippen molar-refractivity contribution in [3.63, 3.8) is 0 Å². The Labute approximate surface area is 69.5 Å². The second-order valence-electron chi connectivity index (χ2n) is 1.71. The largest absolute Gasteiger partial charge is 0.496 e. The van der Waals surface area contributed by atoms with E-state index in [1.54, 1.807) is 19.2 Å². The maximum Gasteiger partial charge on any atom is 0.129 e. The van der Waals surface area contributed by atoms with Crippen LogP contribution in [0.3, 0.4) is 0 Å². The lowest BCUT2D eigenvalue weighted by molar-refractivity contribution is 0.414. The monoisotopic (exact) mass is 175 g/mol. The molecule has 1 aromatic carbocycles. The van der Waals surface area contributed by atoms with E-state index in [2.05, 4.69) is 6.07 Å². The van der Waals surface area contributed by atoms with Gasteiger partial charge in [0.2, 0.25) is 0 Å². The van der Waals surface area contributed by atoms with Gasteiger partial charge < -0.3 is 4.74 Å². The summed E-state index contributed by atoms with van der Waals surface area (Å²) in [5.41, 5.74) is 0. The predicted octanol–water partition coefficient (Wildman–Crippen LogP) is 2.80. The van der Waals surface area contributed by atoms with E-state index in [9.17, 15) is 0 Å². The topological polar surface area (TPSA) is 9.23 Å². The summed E-state index contributed by atoms with van der Waals surface area (Å²) >= 11 is 11.3. The molecule has 0 aromatic heterocycles. The number of ether oxygens (including phenoxy) is 1. The molecule has 10 heavy (non-hydrogen) atoms. The van der Waals surface area contributed by atoms with E-state index >= 15 is 0 Å². The highest BCUT2D eigenvalue weighted by atomic mass is 35.5. The van der Waals surface area contributed by atoms with Crippen molar-refractivity contribution in [1.29, 1.82) is 0 Å². The fourth-order valence-electron chi connectivity index (χ4n) is 0.588. The van der Waals surface area contributed by atoms with Gasteiger partial charge in [0.25, 0.3) is 0 Å². The molecule has 0 bridgehead atoms. The molecule has 3 heteroatoms. The molecule has 0 aliphatic carbocycles. The summed E-state index contributed by atoms with van der Waals surface area (Å²) < 4.78 is 4.85. The molecule has 0 fully saturated rings. The van der Waals surface area contributed by atoms with Crippen molar-refractivity contribution >= 4 is 23.2 Å². The van der Waals surface area contributed by atoms with Gasteiger partial charge in [-0.3, -0.25) is 0 Å². The minimum atomic E-state index is 0.462. The van der Waals surface area contributed by atoms with Crippen molar-refractivity contribution in [2.24, 2.45) is 0 Å². The Morgan fingerprint density at radius 1 is 1.40 bits per heavy atom. The second-order valence-corrected chi connectivity index (χ2v) is 2.56. The van der Waals surface area contributed by atoms with Crippen LogP contribution in [0.2, 0.25) is 10.0 Å². The summed E-state index contributed by atoms with van der Waals surface area (Å²) in [6.45, 7) is 0. The zero-order valence-corrected chi connectivity index (χ0v) is 6.83. The van der Waals surface area contributed by atoms with E-state index in [-0.39, 0.29) is 0 Å². The zero-order chi connectivity index (χ0) is 7.56. The standard InChI is InChI=1S/C7H5Cl2O/c1-10-7-3-5(8)2-6(9)4-7/h2-3H,1H3. The average Bonchev–Trinajstić information content (AvgIpc) is 1.85. The first kappa shape index (κ1) is 7.70. The van der Waals surface area contributed by atoms with Crippen molar-refractivity contribution in [2.75, 3.05) is 7.11 Å². The Kier molecular flexibility index (Phi) is 2.41. The third-order valence-electron chi connectivity index (χ3n) is 0.996. The lowest BCUT2D eigenvalue weighted by Gasteiger charge is -1.98. The summed E-state index contributed by atoms with van der Waals surface area (Å²) in [6, 6.07) is 6.01. The Morgan fingerprint density at radius 2 is 2.10 bits per heavy atom. The van der Waals surface area contributed by atoms with Crippen molar-refractivity contribution in [1.82, 2.24) is 0 Å². The van der Waals surface area contributed by atoms with Crippen LogP contribution in [-0.2, 0) is 0 Å². The molecule has 1 radical (unpaired) electrons. The Hall–Kier alpha value is -0.400. The quantitative estimate of drug-likeness (QED) is 0.639. The summed E-state index contributed by atoms with van der Waals surface area (Å²) in [7, 11) is 1.54. The molecule has 0 aliphatic heterocycles. The number of halogens is 2. The first-order chi connectivity index (χ1) is 4.72. The number of methoxy groups -OCH3 is 1. The van der Waals surface area contributed by atoms with E-state index in [4.69, 9.17) is 27.9 Å². The van der Waals surface area contributed by atoms with Crippen LogP contribution in [0.1, 0.15) is 0 Å². The summed E-state index contributed by atoms with van der Waals surface area (Å²) in [4.78, 5) is 0. The van der Waals surface area contributed by atoms with Crippen LogP contribution in [0, 0.1) is 6.07 Å². The van der Waals surface area contributed by atoms with E-state index in [0.29, 0.717) is 15.8 Å². The van der Waals surface area contributed by atoms with Gasteiger partial charge in [0.15, 0.2) is 0 Å². The van der Waals surface area contributed by atoms with Gasteiger partial charge in [0.1, 0.15) is 5.75 Å². The first-order valence-electron chi connectivity index (χ1n) is 2.65. The van der Waals surface area contributed by atoms with Gasteiger partial charge in [0.05, 0.1) is 12.1 Å². The fourth-order valence-corrected chi connectivity index (χ4v) is 1.06. The van der Waals surface area contributed by atoms with Crippen LogP contribution in [0.5, 0.6) is 5.75 Å². The van der Waals surface area contributed by atoms with Crippen LogP contribution >= 0.6 is 23.2 Å². The molecular formula is C7H5Cl2O. The molecule has 0 saturated heterocycles. The smallest absolute Gasteiger partial charge is 0.129 e. The van der Waals surface area contributed by atoms with Gasteiger partial charge >= 0.3 is 0 Å². The van der Waals surface area contributed by atoms with Gasteiger partial charge in [-0.05, 0) is 12.1 Å². The molecular weight excluding hydrogens is 171 g/mol. The van der Waals surface area contributed by atoms with E-state index in [1.807, 2.05) is 0 Å². The van der Waals surface area contributed by atoms with Crippen LogP contribution < -0.4 is 4.74 Å². The van der Waals surface area contributed by atoms with Crippen molar-refractivity contribution < 1.29 is 4.74 Å². The SMILES string of the molecule is COc1[c]c(Cl)cc(Cl)c1. The van der Waals surface area contributed by atoms with E-state index < -0.39 is 0 Å². The van der Waals surface area contributed by atoms with Crippen LogP contribution in [0.4, 0.5) is 0 Å². The minimum absolute atomic E-state index is 0.462. The van der Waals surface area contributed by atoms with Crippen LogP contribution in [-0.4, -0.2) is 7.11 Å². The molecule has 0 amide bonds. The van der Waals surface area contributed by atoms with Crippen LogP contribution in [0.25, 0.3) is 0 Å².